The number of rotatable bonds is 7. The lowest BCUT2D eigenvalue weighted by Gasteiger charge is -2.35. The molecular weight excluding hydrogens is 548 g/mol. The number of fused-ring (bicyclic) bond motifs is 1. The standard InChI is InChI=1S/C32H32N6O5/c1-2-6-27-25(16-20-9-10-23(21-7-4-3-5-8-21)24(15-20)26-17-28(39)36-35-26)30(41)37(31-33-19-34-38(27)31)22-11-13-32(14-12-22)42-18-29(40)43-32/h3-5,7-10,15,19,22H,2,6,11-14,16-18H2,1H3,(H,36,39). The molecule has 1 amide bonds. The number of aromatic nitrogens is 4. The molecule has 0 atom stereocenters. The molecule has 7 rings (SSSR count). The fourth-order valence-corrected chi connectivity index (χ4v) is 6.61. The molecule has 0 unspecified atom stereocenters. The van der Waals surface area contributed by atoms with Gasteiger partial charge >= 0.3 is 5.97 Å². The Morgan fingerprint density at radius 3 is 2.56 bits per heavy atom. The molecule has 4 aromatic rings. The van der Waals surface area contributed by atoms with E-state index < -0.39 is 5.79 Å². The molecular formula is C32H32N6O5. The molecule has 0 bridgehead atoms. The lowest BCUT2D eigenvalue weighted by molar-refractivity contribution is -0.189. The predicted octanol–water partition coefficient (Wildman–Crippen LogP) is 3.71. The molecule has 2 aromatic carbocycles. The van der Waals surface area contributed by atoms with Crippen molar-refractivity contribution in [2.24, 2.45) is 5.10 Å². The highest BCUT2D eigenvalue weighted by Crippen LogP contribution is 2.40. The fourth-order valence-electron chi connectivity index (χ4n) is 6.61. The van der Waals surface area contributed by atoms with Gasteiger partial charge in [0.25, 0.3) is 5.56 Å². The normalized spacial score (nSPS) is 21.8. The fraction of sp³-hybridized carbons (Fsp3) is 0.375. The average molecular weight is 581 g/mol. The molecule has 11 nitrogen and oxygen atoms in total. The van der Waals surface area contributed by atoms with Gasteiger partial charge in [-0.25, -0.2) is 14.7 Å². The summed E-state index contributed by atoms with van der Waals surface area (Å²) in [5.41, 5.74) is 8.48. The van der Waals surface area contributed by atoms with E-state index in [2.05, 4.69) is 27.5 Å². The quantitative estimate of drug-likeness (QED) is 0.330. The number of hydrogen-bond donors (Lipinski definition) is 1. The lowest BCUT2D eigenvalue weighted by atomic mass is 9.89. The Labute approximate surface area is 247 Å². The lowest BCUT2D eigenvalue weighted by Crippen LogP contribution is -2.39. The topological polar surface area (TPSA) is 129 Å². The van der Waals surface area contributed by atoms with E-state index in [1.165, 1.54) is 6.33 Å². The third-order valence-corrected chi connectivity index (χ3v) is 8.65. The highest BCUT2D eigenvalue weighted by atomic mass is 16.8. The maximum absolute atomic E-state index is 14.4. The van der Waals surface area contributed by atoms with Crippen molar-refractivity contribution in [2.45, 2.75) is 70.1 Å². The van der Waals surface area contributed by atoms with Crippen LogP contribution in [-0.4, -0.2) is 49.1 Å². The van der Waals surface area contributed by atoms with Gasteiger partial charge in [0.1, 0.15) is 12.9 Å². The monoisotopic (exact) mass is 580 g/mol. The molecule has 3 aliphatic rings. The number of carbonyl (C=O) groups excluding carboxylic acids is 2. The molecule has 2 fully saturated rings. The predicted molar refractivity (Wildman–Crippen MR) is 158 cm³/mol. The Hall–Kier alpha value is -4.64. The molecule has 1 aliphatic carbocycles. The van der Waals surface area contributed by atoms with Gasteiger partial charge < -0.3 is 9.47 Å². The first-order chi connectivity index (χ1) is 20.9. The van der Waals surface area contributed by atoms with E-state index in [1.54, 1.807) is 9.08 Å². The SMILES string of the molecule is CCCc1c(Cc2ccc(-c3ccccc3)c(C3=NNC(=O)C3)c2)c(=O)n(C2CCC3(CC2)OCC(=O)O3)c2ncnn12. The van der Waals surface area contributed by atoms with E-state index >= 15 is 0 Å². The van der Waals surface area contributed by atoms with E-state index in [9.17, 15) is 14.4 Å². The summed E-state index contributed by atoms with van der Waals surface area (Å²) in [6.45, 7) is 2.05. The number of ether oxygens (including phenoxy) is 2. The van der Waals surface area contributed by atoms with Gasteiger partial charge in [-0.2, -0.15) is 15.2 Å². The van der Waals surface area contributed by atoms with Crippen LogP contribution < -0.4 is 11.0 Å². The maximum atomic E-state index is 14.4. The zero-order valence-electron chi connectivity index (χ0n) is 23.9. The largest absolute Gasteiger partial charge is 0.431 e. The van der Waals surface area contributed by atoms with E-state index in [4.69, 9.17) is 9.47 Å². The minimum atomic E-state index is -0.887. The van der Waals surface area contributed by atoms with Crippen molar-refractivity contribution in [1.82, 2.24) is 24.6 Å². The summed E-state index contributed by atoms with van der Waals surface area (Å²) >= 11 is 0. The van der Waals surface area contributed by atoms with Crippen molar-refractivity contribution in [3.63, 3.8) is 0 Å². The van der Waals surface area contributed by atoms with Crippen LogP contribution in [0.2, 0.25) is 0 Å². The first-order valence-electron chi connectivity index (χ1n) is 14.8. The van der Waals surface area contributed by atoms with Gasteiger partial charge in [-0.05, 0) is 42.0 Å². The molecule has 1 saturated heterocycles. The van der Waals surface area contributed by atoms with Crippen LogP contribution in [0.3, 0.4) is 0 Å². The van der Waals surface area contributed by atoms with E-state index in [0.717, 1.165) is 34.4 Å². The molecule has 11 heteroatoms. The van der Waals surface area contributed by atoms with E-state index in [0.29, 0.717) is 55.6 Å². The number of nitrogens with zero attached hydrogens (tertiary/aromatic N) is 5. The second-order valence-electron chi connectivity index (χ2n) is 11.4. The van der Waals surface area contributed by atoms with E-state index in [-0.39, 0.29) is 36.5 Å². The first kappa shape index (κ1) is 27.2. The van der Waals surface area contributed by atoms with Crippen molar-refractivity contribution in [2.75, 3.05) is 6.61 Å². The number of hydrogen-bond acceptors (Lipinski definition) is 8. The van der Waals surface area contributed by atoms with Gasteiger partial charge in [-0.1, -0.05) is 55.8 Å². The summed E-state index contributed by atoms with van der Waals surface area (Å²) < 4.78 is 14.8. The highest BCUT2D eigenvalue weighted by Gasteiger charge is 2.45. The average Bonchev–Trinajstić information content (AvgIpc) is 3.77. The summed E-state index contributed by atoms with van der Waals surface area (Å²) in [6.07, 6.45) is 5.84. The second-order valence-corrected chi connectivity index (χ2v) is 11.4. The zero-order chi connectivity index (χ0) is 29.6. The molecule has 2 aliphatic heterocycles. The molecule has 4 heterocycles. The third kappa shape index (κ3) is 4.93. The molecule has 220 valence electrons. The molecule has 43 heavy (non-hydrogen) atoms. The number of carbonyl (C=O) groups is 2. The number of aryl methyl sites for hydroxylation is 1. The minimum Gasteiger partial charge on any atom is -0.431 e. The summed E-state index contributed by atoms with van der Waals surface area (Å²) in [5, 5.41) is 8.86. The van der Waals surface area contributed by atoms with Crippen molar-refractivity contribution >= 4 is 23.4 Å². The van der Waals surface area contributed by atoms with Crippen LogP contribution in [0, 0.1) is 0 Å². The van der Waals surface area contributed by atoms with Crippen molar-refractivity contribution in [1.29, 1.82) is 0 Å². The molecule has 1 N–H and O–H groups in total. The molecule has 1 spiro atoms. The Morgan fingerprint density at radius 1 is 1.05 bits per heavy atom. The van der Waals surface area contributed by atoms with Crippen LogP contribution >= 0.6 is 0 Å². The third-order valence-electron chi connectivity index (χ3n) is 8.65. The highest BCUT2D eigenvalue weighted by molar-refractivity contribution is 6.16. The summed E-state index contributed by atoms with van der Waals surface area (Å²) in [4.78, 5) is 42.7. The zero-order valence-corrected chi connectivity index (χ0v) is 23.9. The van der Waals surface area contributed by atoms with Crippen LogP contribution in [0.15, 0.2) is 64.8 Å². The summed E-state index contributed by atoms with van der Waals surface area (Å²) in [5.74, 6) is -0.853. The minimum absolute atomic E-state index is 0.0312. The molecule has 2 aromatic heterocycles. The number of nitrogens with one attached hydrogen (secondary N) is 1. The summed E-state index contributed by atoms with van der Waals surface area (Å²) in [6, 6.07) is 16.0. The van der Waals surface area contributed by atoms with Gasteiger partial charge in [-0.3, -0.25) is 14.2 Å². The van der Waals surface area contributed by atoms with Gasteiger partial charge in [0, 0.05) is 36.4 Å². The molecule has 0 radical (unpaired) electrons. The second kappa shape index (κ2) is 10.9. The van der Waals surface area contributed by atoms with Crippen molar-refractivity contribution in [3.8, 4) is 11.1 Å². The number of hydrazone groups is 1. The van der Waals surface area contributed by atoms with Crippen LogP contribution in [0.5, 0.6) is 0 Å². The maximum Gasteiger partial charge on any atom is 0.334 e. The van der Waals surface area contributed by atoms with Gasteiger partial charge in [-0.15, -0.1) is 0 Å². The van der Waals surface area contributed by atoms with E-state index in [1.807, 2.05) is 48.5 Å². The van der Waals surface area contributed by atoms with Crippen LogP contribution in [0.25, 0.3) is 16.9 Å². The van der Waals surface area contributed by atoms with Gasteiger partial charge in [0.2, 0.25) is 17.5 Å². The smallest absolute Gasteiger partial charge is 0.334 e. The Kier molecular flexibility index (Phi) is 6.89. The number of amides is 1. The van der Waals surface area contributed by atoms with Crippen LogP contribution in [0.1, 0.15) is 73.9 Å². The van der Waals surface area contributed by atoms with Crippen LogP contribution in [-0.2, 0) is 31.9 Å². The Morgan fingerprint density at radius 2 is 1.86 bits per heavy atom. The number of benzene rings is 2. The Bertz CT molecular complexity index is 1820. The van der Waals surface area contributed by atoms with Crippen molar-refractivity contribution in [3.05, 3.63) is 87.6 Å². The van der Waals surface area contributed by atoms with Gasteiger partial charge in [0.05, 0.1) is 17.8 Å². The summed E-state index contributed by atoms with van der Waals surface area (Å²) in [7, 11) is 0. The number of esters is 1. The van der Waals surface area contributed by atoms with Crippen LogP contribution in [0.4, 0.5) is 0 Å². The van der Waals surface area contributed by atoms with Crippen molar-refractivity contribution < 1.29 is 19.1 Å². The first-order valence-corrected chi connectivity index (χ1v) is 14.8. The van der Waals surface area contributed by atoms with Gasteiger partial charge in [0.15, 0.2) is 0 Å². The molecule has 1 saturated carbocycles. The Balaban J connectivity index is 1.30.